The summed E-state index contributed by atoms with van der Waals surface area (Å²) in [4.78, 5) is 6.44. The van der Waals surface area contributed by atoms with Crippen LogP contribution in [0.3, 0.4) is 0 Å². The first-order valence-electron chi connectivity index (χ1n) is 7.12. The second kappa shape index (κ2) is 7.09. The molecule has 112 valence electrons. The van der Waals surface area contributed by atoms with Gasteiger partial charge in [-0.3, -0.25) is 4.90 Å². The number of methoxy groups -OCH3 is 1. The average molecular weight is 285 g/mol. The lowest BCUT2D eigenvalue weighted by molar-refractivity contribution is 0.246. The number of hydrogen-bond acceptors (Lipinski definition) is 4. The van der Waals surface area contributed by atoms with Crippen LogP contribution in [0.4, 0.5) is 5.82 Å². The van der Waals surface area contributed by atoms with Gasteiger partial charge < -0.3 is 10.5 Å². The van der Waals surface area contributed by atoms with E-state index in [2.05, 4.69) is 36.0 Å². The lowest BCUT2D eigenvalue weighted by Crippen LogP contribution is -2.30. The summed E-state index contributed by atoms with van der Waals surface area (Å²) in [7, 11) is 3.84. The van der Waals surface area contributed by atoms with E-state index < -0.39 is 0 Å². The number of anilines is 1. The van der Waals surface area contributed by atoms with Crippen LogP contribution < -0.4 is 10.5 Å². The maximum Gasteiger partial charge on any atom is 0.123 e. The molecule has 0 spiro atoms. The molecule has 0 aliphatic heterocycles. The summed E-state index contributed by atoms with van der Waals surface area (Å²) in [6, 6.07) is 12.4. The number of aromatic nitrogens is 1. The summed E-state index contributed by atoms with van der Waals surface area (Å²) >= 11 is 0. The molecule has 0 aliphatic carbocycles. The van der Waals surface area contributed by atoms with Gasteiger partial charge in [0.1, 0.15) is 11.6 Å². The Morgan fingerprint density at radius 2 is 2.00 bits per heavy atom. The molecule has 2 rings (SSSR count). The maximum atomic E-state index is 5.61. The topological polar surface area (TPSA) is 51.4 Å². The van der Waals surface area contributed by atoms with Gasteiger partial charge in [0.2, 0.25) is 0 Å². The van der Waals surface area contributed by atoms with Crippen molar-refractivity contribution in [1.82, 2.24) is 9.88 Å². The Labute approximate surface area is 126 Å². The molecule has 0 bridgehead atoms. The fraction of sp³-hybridized carbons (Fsp3) is 0.353. The van der Waals surface area contributed by atoms with E-state index in [1.54, 1.807) is 7.11 Å². The van der Waals surface area contributed by atoms with E-state index >= 15 is 0 Å². The Balaban J connectivity index is 1.99. The van der Waals surface area contributed by atoms with Gasteiger partial charge in [-0.05, 0) is 43.7 Å². The van der Waals surface area contributed by atoms with Crippen molar-refractivity contribution in [2.75, 3.05) is 19.9 Å². The minimum absolute atomic E-state index is 0.402. The zero-order chi connectivity index (χ0) is 15.2. The van der Waals surface area contributed by atoms with Crippen molar-refractivity contribution in [2.24, 2.45) is 0 Å². The monoisotopic (exact) mass is 285 g/mol. The molecule has 1 aromatic carbocycles. The summed E-state index contributed by atoms with van der Waals surface area (Å²) in [5.74, 6) is 1.51. The average Bonchev–Trinajstić information content (AvgIpc) is 2.50. The summed E-state index contributed by atoms with van der Waals surface area (Å²) < 4.78 is 5.41. The highest BCUT2D eigenvalue weighted by atomic mass is 16.5. The smallest absolute Gasteiger partial charge is 0.123 e. The largest absolute Gasteiger partial charge is 0.496 e. The molecular weight excluding hydrogens is 262 g/mol. The lowest BCUT2D eigenvalue weighted by Gasteiger charge is -2.25. The Hall–Kier alpha value is -2.07. The molecular formula is C17H23N3O. The van der Waals surface area contributed by atoms with Gasteiger partial charge in [-0.1, -0.05) is 24.3 Å². The van der Waals surface area contributed by atoms with E-state index in [1.165, 1.54) is 11.1 Å². The van der Waals surface area contributed by atoms with E-state index in [1.807, 2.05) is 30.5 Å². The fourth-order valence-corrected chi connectivity index (χ4v) is 2.32. The number of nitrogen functional groups attached to an aromatic ring is 1. The van der Waals surface area contributed by atoms with Gasteiger partial charge in [-0.2, -0.15) is 0 Å². The van der Waals surface area contributed by atoms with Crippen LogP contribution in [-0.4, -0.2) is 30.1 Å². The minimum atomic E-state index is 0.402. The molecule has 1 atom stereocenters. The van der Waals surface area contributed by atoms with Gasteiger partial charge in [-0.25, -0.2) is 4.98 Å². The zero-order valence-electron chi connectivity index (χ0n) is 12.9. The summed E-state index contributed by atoms with van der Waals surface area (Å²) in [5.41, 5.74) is 8.01. The number of hydrogen-bond donors (Lipinski definition) is 1. The number of benzene rings is 1. The van der Waals surface area contributed by atoms with Crippen molar-refractivity contribution < 1.29 is 4.74 Å². The first-order chi connectivity index (χ1) is 10.1. The normalized spacial score (nSPS) is 12.4. The third kappa shape index (κ3) is 4.20. The van der Waals surface area contributed by atoms with Gasteiger partial charge >= 0.3 is 0 Å². The molecule has 0 fully saturated rings. The van der Waals surface area contributed by atoms with Crippen LogP contribution in [0.2, 0.25) is 0 Å². The molecule has 1 aromatic heterocycles. The van der Waals surface area contributed by atoms with Crippen LogP contribution in [0, 0.1) is 0 Å². The summed E-state index contributed by atoms with van der Waals surface area (Å²) in [5, 5.41) is 0. The zero-order valence-corrected chi connectivity index (χ0v) is 12.9. The molecule has 0 saturated carbocycles. The number of nitrogens with zero attached hydrogens (tertiary/aromatic N) is 2. The van der Waals surface area contributed by atoms with E-state index in [0.29, 0.717) is 11.9 Å². The molecule has 1 heterocycles. The molecule has 0 radical (unpaired) electrons. The first kappa shape index (κ1) is 15.3. The molecule has 0 aliphatic rings. The number of para-hydroxylation sites is 1. The van der Waals surface area contributed by atoms with Crippen molar-refractivity contribution in [3.05, 3.63) is 53.7 Å². The van der Waals surface area contributed by atoms with Crippen LogP contribution in [-0.2, 0) is 13.0 Å². The highest BCUT2D eigenvalue weighted by Crippen LogP contribution is 2.20. The molecule has 0 saturated heterocycles. The van der Waals surface area contributed by atoms with Crippen molar-refractivity contribution in [3.8, 4) is 5.75 Å². The highest BCUT2D eigenvalue weighted by Gasteiger charge is 2.13. The van der Waals surface area contributed by atoms with Crippen molar-refractivity contribution in [2.45, 2.75) is 25.9 Å². The summed E-state index contributed by atoms with van der Waals surface area (Å²) in [6.45, 7) is 3.07. The molecule has 2 aromatic rings. The Kier molecular flexibility index (Phi) is 5.17. The molecule has 0 amide bonds. The third-order valence-corrected chi connectivity index (χ3v) is 3.74. The Morgan fingerprint density at radius 3 is 2.67 bits per heavy atom. The fourth-order valence-electron chi connectivity index (χ4n) is 2.32. The molecule has 21 heavy (non-hydrogen) atoms. The molecule has 1 unspecified atom stereocenters. The van der Waals surface area contributed by atoms with Crippen LogP contribution in [0.15, 0.2) is 42.6 Å². The number of rotatable bonds is 6. The van der Waals surface area contributed by atoms with Gasteiger partial charge in [0.25, 0.3) is 0 Å². The third-order valence-electron chi connectivity index (χ3n) is 3.74. The molecule has 4 heteroatoms. The van der Waals surface area contributed by atoms with E-state index in [9.17, 15) is 0 Å². The number of likely N-dealkylation sites (N-methyl/N-ethyl adjacent to an activating group) is 1. The van der Waals surface area contributed by atoms with E-state index in [4.69, 9.17) is 10.5 Å². The minimum Gasteiger partial charge on any atom is -0.496 e. The van der Waals surface area contributed by atoms with E-state index in [0.717, 1.165) is 18.7 Å². The van der Waals surface area contributed by atoms with Crippen LogP contribution in [0.25, 0.3) is 0 Å². The Morgan fingerprint density at radius 1 is 1.24 bits per heavy atom. The van der Waals surface area contributed by atoms with Gasteiger partial charge in [-0.15, -0.1) is 0 Å². The van der Waals surface area contributed by atoms with Crippen molar-refractivity contribution >= 4 is 5.82 Å². The van der Waals surface area contributed by atoms with Crippen molar-refractivity contribution in [1.29, 1.82) is 0 Å². The second-order valence-electron chi connectivity index (χ2n) is 5.37. The van der Waals surface area contributed by atoms with E-state index in [-0.39, 0.29) is 0 Å². The van der Waals surface area contributed by atoms with Gasteiger partial charge in [0.05, 0.1) is 7.11 Å². The predicted molar refractivity (Wildman–Crippen MR) is 86.3 cm³/mol. The van der Waals surface area contributed by atoms with Crippen LogP contribution in [0.1, 0.15) is 18.1 Å². The second-order valence-corrected chi connectivity index (χ2v) is 5.37. The maximum absolute atomic E-state index is 5.61. The first-order valence-corrected chi connectivity index (χ1v) is 7.12. The van der Waals surface area contributed by atoms with Crippen molar-refractivity contribution in [3.63, 3.8) is 0 Å². The van der Waals surface area contributed by atoms with Gasteiger partial charge in [0, 0.05) is 18.8 Å². The van der Waals surface area contributed by atoms with Crippen LogP contribution in [0.5, 0.6) is 5.75 Å². The summed E-state index contributed by atoms with van der Waals surface area (Å²) in [6.07, 6.45) is 2.78. The number of nitrogens with two attached hydrogens (primary N) is 1. The molecule has 4 nitrogen and oxygen atoms in total. The molecule has 2 N–H and O–H groups in total. The lowest BCUT2D eigenvalue weighted by atomic mass is 10.0. The quantitative estimate of drug-likeness (QED) is 0.886. The highest BCUT2D eigenvalue weighted by molar-refractivity contribution is 5.34. The Bertz CT molecular complexity index is 569. The SMILES string of the molecule is COc1ccccc1CC(C)N(C)Cc1ccc(N)nc1. The number of pyridine rings is 1. The number of ether oxygens (including phenoxy) is 1. The van der Waals surface area contributed by atoms with Gasteiger partial charge in [0.15, 0.2) is 0 Å². The predicted octanol–water partition coefficient (Wildman–Crippen LogP) is 2.74. The van der Waals surface area contributed by atoms with Crippen LogP contribution >= 0.6 is 0 Å². The standard InChI is InChI=1S/C17H23N3O/c1-13(10-15-6-4-5-7-16(15)21-3)20(2)12-14-8-9-17(18)19-11-14/h4-9,11,13H,10,12H2,1-3H3,(H2,18,19).